The van der Waals surface area contributed by atoms with Crippen LogP contribution in [0, 0.1) is 18.7 Å². The van der Waals surface area contributed by atoms with E-state index in [1.807, 2.05) is 30.3 Å². The van der Waals surface area contributed by atoms with Gasteiger partial charge in [0.2, 0.25) is 0 Å². The van der Waals surface area contributed by atoms with Crippen molar-refractivity contribution in [3.05, 3.63) is 106 Å². The minimum atomic E-state index is -0.342. The number of benzene rings is 3. The summed E-state index contributed by atoms with van der Waals surface area (Å²) in [5.74, 6) is -0.124. The van der Waals surface area contributed by atoms with Crippen LogP contribution in [-0.4, -0.2) is 42.8 Å². The molecule has 6 nitrogen and oxygen atoms in total. The first-order valence-electron chi connectivity index (χ1n) is 13.3. The molecule has 1 aromatic heterocycles. The predicted octanol–water partition coefficient (Wildman–Crippen LogP) is 5.62. The normalized spacial score (nSPS) is 14.4. The topological polar surface area (TPSA) is 79.6 Å². The molecule has 1 saturated heterocycles. The molecule has 0 aliphatic carbocycles. The Bertz CT molecular complexity index is 1540. The maximum atomic E-state index is 13.2. The molecule has 4 aromatic rings. The second kappa shape index (κ2) is 11.7. The Labute approximate surface area is 226 Å². The highest BCUT2D eigenvalue weighted by Gasteiger charge is 2.25. The molecule has 1 N–H and O–H groups in total. The summed E-state index contributed by atoms with van der Waals surface area (Å²) < 4.78 is 19.3. The van der Waals surface area contributed by atoms with Crippen LogP contribution in [0.5, 0.6) is 0 Å². The number of ketones is 1. The van der Waals surface area contributed by atoms with Gasteiger partial charge in [-0.2, -0.15) is 0 Å². The van der Waals surface area contributed by atoms with Gasteiger partial charge in [-0.05, 0) is 82.2 Å². The lowest BCUT2D eigenvalue weighted by atomic mass is 9.89. The first-order valence-corrected chi connectivity index (χ1v) is 13.3. The molecule has 200 valence electrons. The molecule has 1 aliphatic rings. The average molecular weight is 527 g/mol. The van der Waals surface area contributed by atoms with Crippen LogP contribution in [0.25, 0.3) is 22.3 Å². The number of carbonyl (C=O) groups excluding carboxylic acids is 2. The number of fused-ring (bicyclic) bond motifs is 1. The van der Waals surface area contributed by atoms with Gasteiger partial charge in [0.05, 0.1) is 10.9 Å². The highest BCUT2D eigenvalue weighted by Crippen LogP contribution is 2.27. The Morgan fingerprint density at radius 1 is 0.974 bits per heavy atom. The number of para-hydroxylation sites is 1. The molecule has 5 rings (SSSR count). The molecule has 0 unspecified atom stereocenters. The van der Waals surface area contributed by atoms with Crippen LogP contribution in [0.2, 0.25) is 0 Å². The third kappa shape index (κ3) is 5.83. The fourth-order valence-electron chi connectivity index (χ4n) is 5.22. The fourth-order valence-corrected chi connectivity index (χ4v) is 5.22. The molecule has 1 amide bonds. The van der Waals surface area contributed by atoms with Gasteiger partial charge in [0, 0.05) is 29.2 Å². The van der Waals surface area contributed by atoms with Crippen LogP contribution in [0.15, 0.2) is 82.0 Å². The van der Waals surface area contributed by atoms with Crippen LogP contribution >= 0.6 is 0 Å². The van der Waals surface area contributed by atoms with Gasteiger partial charge in [0.1, 0.15) is 11.6 Å². The lowest BCUT2D eigenvalue weighted by Crippen LogP contribution is -2.38. The molecule has 0 radical (unpaired) electrons. The number of carbonyl (C=O) groups is 2. The molecule has 1 aliphatic heterocycles. The number of Topliss-reactive ketones (excluding diaryl/α,β-unsaturated/α-hetero) is 1. The van der Waals surface area contributed by atoms with Gasteiger partial charge in [-0.25, -0.2) is 4.39 Å². The van der Waals surface area contributed by atoms with Crippen molar-refractivity contribution in [2.45, 2.75) is 26.2 Å². The van der Waals surface area contributed by atoms with Crippen molar-refractivity contribution >= 4 is 22.7 Å². The van der Waals surface area contributed by atoms with E-state index in [0.29, 0.717) is 34.4 Å². The van der Waals surface area contributed by atoms with Crippen molar-refractivity contribution in [1.29, 1.82) is 0 Å². The number of rotatable bonds is 8. The van der Waals surface area contributed by atoms with Crippen molar-refractivity contribution < 1.29 is 18.4 Å². The summed E-state index contributed by atoms with van der Waals surface area (Å²) in [4.78, 5) is 41.1. The van der Waals surface area contributed by atoms with E-state index in [1.165, 1.54) is 12.1 Å². The molecule has 7 heteroatoms. The molecule has 0 spiro atoms. The molecule has 3 aromatic carbocycles. The lowest BCUT2D eigenvalue weighted by Gasteiger charge is -2.31. The second-order valence-electron chi connectivity index (χ2n) is 10.0. The van der Waals surface area contributed by atoms with Crippen LogP contribution in [-0.2, 0) is 0 Å². The first kappa shape index (κ1) is 26.5. The molecule has 0 atom stereocenters. The van der Waals surface area contributed by atoms with Gasteiger partial charge in [-0.3, -0.25) is 14.4 Å². The number of piperidine rings is 1. The van der Waals surface area contributed by atoms with E-state index in [1.54, 1.807) is 37.3 Å². The third-order valence-corrected chi connectivity index (χ3v) is 7.45. The maximum absolute atomic E-state index is 13.2. The number of amides is 1. The zero-order valence-electron chi connectivity index (χ0n) is 21.9. The summed E-state index contributed by atoms with van der Waals surface area (Å²) in [5.41, 5.74) is 2.33. The molecular weight excluding hydrogens is 495 g/mol. The Balaban J connectivity index is 1.17. The first-order chi connectivity index (χ1) is 18.9. The molecular formula is C32H31FN2O4. The minimum absolute atomic E-state index is 0.0446. The van der Waals surface area contributed by atoms with Crippen LogP contribution in [0.4, 0.5) is 4.39 Å². The van der Waals surface area contributed by atoms with E-state index in [9.17, 15) is 18.8 Å². The van der Waals surface area contributed by atoms with Gasteiger partial charge >= 0.3 is 0 Å². The number of nitrogens with one attached hydrogen (secondary N) is 1. The van der Waals surface area contributed by atoms with Crippen molar-refractivity contribution in [2.75, 3.05) is 26.2 Å². The van der Waals surface area contributed by atoms with Crippen LogP contribution in [0.3, 0.4) is 0 Å². The highest BCUT2D eigenvalue weighted by molar-refractivity contribution is 6.05. The van der Waals surface area contributed by atoms with E-state index >= 15 is 0 Å². The summed E-state index contributed by atoms with van der Waals surface area (Å²) in [7, 11) is 0. The monoisotopic (exact) mass is 526 g/mol. The zero-order valence-corrected chi connectivity index (χ0v) is 21.9. The molecule has 2 heterocycles. The van der Waals surface area contributed by atoms with Gasteiger partial charge in [0.15, 0.2) is 16.8 Å². The Hall–Kier alpha value is -4.10. The van der Waals surface area contributed by atoms with Crippen molar-refractivity contribution in [2.24, 2.45) is 5.92 Å². The van der Waals surface area contributed by atoms with Crippen LogP contribution < -0.4 is 10.7 Å². The predicted molar refractivity (Wildman–Crippen MR) is 150 cm³/mol. The molecule has 0 saturated carbocycles. The van der Waals surface area contributed by atoms with E-state index in [2.05, 4.69) is 10.2 Å². The minimum Gasteiger partial charge on any atom is -0.455 e. The highest BCUT2D eigenvalue weighted by atomic mass is 19.1. The SMILES string of the molecule is Cc1c(-c2ccccc2)oc2c(C(=O)NCCCN3CCC(C(=O)c4ccc(F)cc4)CC3)cccc2c1=O. The van der Waals surface area contributed by atoms with E-state index < -0.39 is 0 Å². The van der Waals surface area contributed by atoms with Crippen molar-refractivity contribution in [3.8, 4) is 11.3 Å². The average Bonchev–Trinajstić information content (AvgIpc) is 2.97. The van der Waals surface area contributed by atoms with E-state index in [0.717, 1.165) is 44.5 Å². The Kier molecular flexibility index (Phi) is 7.98. The summed E-state index contributed by atoms with van der Waals surface area (Å²) >= 11 is 0. The number of likely N-dealkylation sites (tertiary alicyclic amines) is 1. The summed E-state index contributed by atoms with van der Waals surface area (Å²) in [6.07, 6.45) is 2.28. The smallest absolute Gasteiger partial charge is 0.255 e. The van der Waals surface area contributed by atoms with Crippen molar-refractivity contribution in [3.63, 3.8) is 0 Å². The van der Waals surface area contributed by atoms with Crippen molar-refractivity contribution in [1.82, 2.24) is 10.2 Å². The lowest BCUT2D eigenvalue weighted by molar-refractivity contribution is 0.0835. The number of hydrogen-bond donors (Lipinski definition) is 1. The molecule has 39 heavy (non-hydrogen) atoms. The van der Waals surface area contributed by atoms with Gasteiger partial charge in [-0.15, -0.1) is 0 Å². The standard InChI is InChI=1S/C32H31FN2O4/c1-21-28(36)26-9-5-10-27(31(26)39-30(21)24-7-3-2-4-8-24)32(38)34-17-6-18-35-19-15-23(16-20-35)29(37)22-11-13-25(33)14-12-22/h2-5,7-14,23H,6,15-20H2,1H3,(H,34,38). The quantitative estimate of drug-likeness (QED) is 0.238. The third-order valence-electron chi connectivity index (χ3n) is 7.45. The second-order valence-corrected chi connectivity index (χ2v) is 10.0. The van der Waals surface area contributed by atoms with E-state index in [4.69, 9.17) is 4.42 Å². The largest absolute Gasteiger partial charge is 0.455 e. The molecule has 1 fully saturated rings. The van der Waals surface area contributed by atoms with Gasteiger partial charge in [0.25, 0.3) is 5.91 Å². The number of nitrogens with zero attached hydrogens (tertiary/aromatic N) is 1. The van der Waals surface area contributed by atoms with Gasteiger partial charge in [-0.1, -0.05) is 36.4 Å². The zero-order chi connectivity index (χ0) is 27.4. The summed E-state index contributed by atoms with van der Waals surface area (Å²) in [6.45, 7) is 4.64. The fraction of sp³-hybridized carbons (Fsp3) is 0.281. The molecule has 0 bridgehead atoms. The van der Waals surface area contributed by atoms with Gasteiger partial charge < -0.3 is 14.6 Å². The summed E-state index contributed by atoms with van der Waals surface area (Å²) in [5, 5.41) is 3.35. The number of halogens is 1. The summed E-state index contributed by atoms with van der Waals surface area (Å²) in [6, 6.07) is 20.2. The Morgan fingerprint density at radius 2 is 1.69 bits per heavy atom. The van der Waals surface area contributed by atoms with Crippen LogP contribution in [0.1, 0.15) is 45.5 Å². The van der Waals surface area contributed by atoms with E-state index in [-0.39, 0.29) is 34.4 Å². The number of hydrogen-bond acceptors (Lipinski definition) is 5. The maximum Gasteiger partial charge on any atom is 0.255 e. The Morgan fingerprint density at radius 3 is 2.41 bits per heavy atom.